The topological polar surface area (TPSA) is 79.5 Å². The summed E-state index contributed by atoms with van der Waals surface area (Å²) in [5.41, 5.74) is 1.49. The first-order chi connectivity index (χ1) is 14.3. The van der Waals surface area contributed by atoms with Crippen molar-refractivity contribution >= 4 is 50.8 Å². The molecule has 2 aromatic rings. The van der Waals surface area contributed by atoms with Crippen LogP contribution in [0.25, 0.3) is 0 Å². The highest BCUT2D eigenvalue weighted by Crippen LogP contribution is 2.23. The summed E-state index contributed by atoms with van der Waals surface area (Å²) in [6, 6.07) is 12.2. The molecule has 0 radical (unpaired) electrons. The molecule has 0 spiro atoms. The minimum atomic E-state index is -0.381. The van der Waals surface area contributed by atoms with Crippen molar-refractivity contribution in [2.45, 2.75) is 39.7 Å². The van der Waals surface area contributed by atoms with Crippen LogP contribution < -0.4 is 20.7 Å². The van der Waals surface area contributed by atoms with Gasteiger partial charge in [-0.3, -0.25) is 14.9 Å². The van der Waals surface area contributed by atoms with Crippen molar-refractivity contribution in [1.29, 1.82) is 0 Å². The first-order valence-corrected chi connectivity index (χ1v) is 11.0. The molecular formula is C22H26BrN3O3S. The first kappa shape index (κ1) is 23.8. The number of benzene rings is 2. The van der Waals surface area contributed by atoms with Gasteiger partial charge in [0, 0.05) is 21.8 Å². The van der Waals surface area contributed by atoms with Gasteiger partial charge in [-0.05, 0) is 68.9 Å². The molecule has 3 N–H and O–H groups in total. The van der Waals surface area contributed by atoms with Crippen LogP contribution >= 0.6 is 28.1 Å². The summed E-state index contributed by atoms with van der Waals surface area (Å²) in [5.74, 6) is -0.0556. The van der Waals surface area contributed by atoms with E-state index in [0.717, 1.165) is 17.3 Å². The van der Waals surface area contributed by atoms with Crippen LogP contribution in [0.15, 0.2) is 46.9 Å². The third-order valence-corrected chi connectivity index (χ3v) is 4.67. The molecule has 2 amide bonds. The van der Waals surface area contributed by atoms with E-state index in [9.17, 15) is 9.59 Å². The molecule has 0 saturated heterocycles. The molecule has 6 nitrogen and oxygen atoms in total. The molecule has 0 aromatic heterocycles. The van der Waals surface area contributed by atoms with Crippen LogP contribution in [0, 0.1) is 0 Å². The Labute approximate surface area is 190 Å². The molecular weight excluding hydrogens is 466 g/mol. The third kappa shape index (κ3) is 7.42. The van der Waals surface area contributed by atoms with Crippen molar-refractivity contribution < 1.29 is 14.3 Å². The van der Waals surface area contributed by atoms with E-state index in [4.69, 9.17) is 17.0 Å². The predicted octanol–water partition coefficient (Wildman–Crippen LogP) is 4.89. The number of carbonyl (C=O) groups excluding carboxylic acids is 2. The summed E-state index contributed by atoms with van der Waals surface area (Å²) < 4.78 is 6.50. The van der Waals surface area contributed by atoms with Crippen molar-refractivity contribution in [3.05, 3.63) is 58.1 Å². The molecule has 0 unspecified atom stereocenters. The summed E-state index contributed by atoms with van der Waals surface area (Å²) in [4.78, 5) is 24.9. The van der Waals surface area contributed by atoms with Gasteiger partial charge in [-0.2, -0.15) is 0 Å². The van der Waals surface area contributed by atoms with Crippen LogP contribution in [0.2, 0.25) is 0 Å². The normalized spacial score (nSPS) is 10.4. The standard InChI is InChI=1S/C22H26BrN3O3S/c1-4-5-11-29-19-10-9-16(23)13-18(19)21(28)26-22(30)25-17-8-6-7-15(12-17)20(27)24-14(2)3/h6-10,12-14H,4-5,11H2,1-3H3,(H,24,27)(H2,25,26,28,30). The van der Waals surface area contributed by atoms with Crippen LogP contribution in [-0.4, -0.2) is 29.6 Å². The summed E-state index contributed by atoms with van der Waals surface area (Å²) in [6.45, 7) is 6.40. The fourth-order valence-corrected chi connectivity index (χ4v) is 3.12. The quantitative estimate of drug-likeness (QED) is 0.361. The van der Waals surface area contributed by atoms with Crippen LogP contribution in [0.1, 0.15) is 54.3 Å². The summed E-state index contributed by atoms with van der Waals surface area (Å²) in [6.07, 6.45) is 1.90. The van der Waals surface area contributed by atoms with Crippen molar-refractivity contribution in [3.8, 4) is 5.75 Å². The Balaban J connectivity index is 2.06. The number of hydrogen-bond donors (Lipinski definition) is 3. The number of halogens is 1. The number of unbranched alkanes of at least 4 members (excludes halogenated alkanes) is 1. The molecule has 2 aromatic carbocycles. The molecule has 0 bridgehead atoms. The molecule has 0 aliphatic carbocycles. The highest BCUT2D eigenvalue weighted by atomic mass is 79.9. The zero-order valence-electron chi connectivity index (χ0n) is 17.3. The molecule has 2 rings (SSSR count). The van der Waals surface area contributed by atoms with Crippen LogP contribution in [0.5, 0.6) is 5.75 Å². The van der Waals surface area contributed by atoms with E-state index in [0.29, 0.717) is 29.2 Å². The zero-order valence-corrected chi connectivity index (χ0v) is 19.7. The van der Waals surface area contributed by atoms with E-state index in [1.807, 2.05) is 19.9 Å². The van der Waals surface area contributed by atoms with Gasteiger partial charge in [0.2, 0.25) is 0 Å². The lowest BCUT2D eigenvalue weighted by Gasteiger charge is -2.14. The van der Waals surface area contributed by atoms with E-state index in [2.05, 4.69) is 38.8 Å². The van der Waals surface area contributed by atoms with Gasteiger partial charge >= 0.3 is 0 Å². The van der Waals surface area contributed by atoms with Crippen LogP contribution in [-0.2, 0) is 0 Å². The number of rotatable bonds is 8. The maximum atomic E-state index is 12.7. The van der Waals surface area contributed by atoms with Gasteiger partial charge in [-0.1, -0.05) is 35.3 Å². The fraction of sp³-hybridized carbons (Fsp3) is 0.318. The van der Waals surface area contributed by atoms with E-state index < -0.39 is 0 Å². The second-order valence-electron chi connectivity index (χ2n) is 6.96. The SMILES string of the molecule is CCCCOc1ccc(Br)cc1C(=O)NC(=S)Nc1cccc(C(=O)NC(C)C)c1. The molecule has 0 saturated carbocycles. The highest BCUT2D eigenvalue weighted by molar-refractivity contribution is 9.10. The van der Waals surface area contributed by atoms with E-state index in [1.54, 1.807) is 36.4 Å². The molecule has 8 heteroatoms. The minimum absolute atomic E-state index is 0.0356. The van der Waals surface area contributed by atoms with Gasteiger partial charge in [0.1, 0.15) is 5.75 Å². The van der Waals surface area contributed by atoms with Crippen molar-refractivity contribution in [3.63, 3.8) is 0 Å². The Morgan fingerprint density at radius 1 is 1.13 bits per heavy atom. The van der Waals surface area contributed by atoms with Crippen LogP contribution in [0.3, 0.4) is 0 Å². The molecule has 0 aliphatic rings. The Kier molecular flexibility index (Phi) is 9.26. The van der Waals surface area contributed by atoms with Crippen LogP contribution in [0.4, 0.5) is 5.69 Å². The second kappa shape index (κ2) is 11.7. The van der Waals surface area contributed by atoms with E-state index >= 15 is 0 Å². The van der Waals surface area contributed by atoms with Gasteiger partial charge in [0.05, 0.1) is 12.2 Å². The smallest absolute Gasteiger partial charge is 0.261 e. The molecule has 0 atom stereocenters. The first-order valence-electron chi connectivity index (χ1n) is 9.75. The summed E-state index contributed by atoms with van der Waals surface area (Å²) >= 11 is 8.66. The molecule has 0 fully saturated rings. The largest absolute Gasteiger partial charge is 0.493 e. The monoisotopic (exact) mass is 491 g/mol. The van der Waals surface area contributed by atoms with Crippen molar-refractivity contribution in [2.75, 3.05) is 11.9 Å². The van der Waals surface area contributed by atoms with Crippen molar-refractivity contribution in [2.24, 2.45) is 0 Å². The number of ether oxygens (including phenoxy) is 1. The lowest BCUT2D eigenvalue weighted by Crippen LogP contribution is -2.34. The maximum absolute atomic E-state index is 12.7. The Bertz CT molecular complexity index is 918. The number of hydrogen-bond acceptors (Lipinski definition) is 4. The molecule has 160 valence electrons. The van der Waals surface area contributed by atoms with E-state index in [1.165, 1.54) is 0 Å². The number of amides is 2. The zero-order chi connectivity index (χ0) is 22.1. The van der Waals surface area contributed by atoms with E-state index in [-0.39, 0.29) is 23.0 Å². The summed E-state index contributed by atoms with van der Waals surface area (Å²) in [7, 11) is 0. The fourth-order valence-electron chi connectivity index (χ4n) is 2.55. The Morgan fingerprint density at radius 3 is 2.60 bits per heavy atom. The maximum Gasteiger partial charge on any atom is 0.261 e. The van der Waals surface area contributed by atoms with Crippen molar-refractivity contribution in [1.82, 2.24) is 10.6 Å². The third-order valence-electron chi connectivity index (χ3n) is 3.97. The Hall–Kier alpha value is -2.45. The Morgan fingerprint density at radius 2 is 1.90 bits per heavy atom. The predicted molar refractivity (Wildman–Crippen MR) is 127 cm³/mol. The molecule has 0 aliphatic heterocycles. The number of carbonyl (C=O) groups is 2. The molecule has 30 heavy (non-hydrogen) atoms. The summed E-state index contributed by atoms with van der Waals surface area (Å²) in [5, 5.41) is 8.57. The minimum Gasteiger partial charge on any atom is -0.493 e. The van der Waals surface area contributed by atoms with Gasteiger partial charge in [-0.15, -0.1) is 0 Å². The highest BCUT2D eigenvalue weighted by Gasteiger charge is 2.15. The number of anilines is 1. The molecule has 0 heterocycles. The van der Waals surface area contributed by atoms with Gasteiger partial charge < -0.3 is 15.4 Å². The lowest BCUT2D eigenvalue weighted by atomic mass is 10.1. The number of thiocarbonyl (C=S) groups is 1. The van der Waals surface area contributed by atoms with Gasteiger partial charge in [0.25, 0.3) is 11.8 Å². The average Bonchev–Trinajstić information content (AvgIpc) is 2.68. The van der Waals surface area contributed by atoms with Gasteiger partial charge in [0.15, 0.2) is 5.11 Å². The number of nitrogens with one attached hydrogen (secondary N) is 3. The van der Waals surface area contributed by atoms with Gasteiger partial charge in [-0.25, -0.2) is 0 Å². The average molecular weight is 492 g/mol. The second-order valence-corrected chi connectivity index (χ2v) is 8.28. The lowest BCUT2D eigenvalue weighted by molar-refractivity contribution is 0.0940.